The van der Waals surface area contributed by atoms with Crippen LogP contribution < -0.4 is 31.9 Å². The molecule has 0 aliphatic rings. The minimum Gasteiger partial charge on any atom is -0.480 e. The molecule has 0 fully saturated rings. The van der Waals surface area contributed by atoms with Crippen LogP contribution in [0.1, 0.15) is 112 Å². The number of alkyl carbamates (subject to hydrolysis) is 2. The molecule has 0 saturated heterocycles. The quantitative estimate of drug-likeness (QED) is 0.0822. The number of carbonyl (C=O) groups is 7. The maximum atomic E-state index is 14.1. The first-order chi connectivity index (χ1) is 28.6. The molecule has 0 radical (unpaired) electrons. The summed E-state index contributed by atoms with van der Waals surface area (Å²) >= 11 is 6.03. The van der Waals surface area contributed by atoms with Crippen molar-refractivity contribution in [3.05, 3.63) is 59.1 Å². The number of unbranched alkanes of at least 4 members (excludes halogenated alkanes) is 1. The summed E-state index contributed by atoms with van der Waals surface area (Å²) in [4.78, 5) is 91.1. The van der Waals surface area contributed by atoms with E-state index in [0.717, 1.165) is 11.1 Å². The molecule has 5 unspecified atom stereocenters. The zero-order valence-electron chi connectivity index (χ0n) is 37.7. The van der Waals surface area contributed by atoms with Crippen molar-refractivity contribution in [1.82, 2.24) is 31.9 Å². The van der Waals surface area contributed by atoms with Crippen molar-refractivity contribution in [1.29, 1.82) is 0 Å². The van der Waals surface area contributed by atoms with E-state index >= 15 is 0 Å². The fourth-order valence-corrected chi connectivity index (χ4v) is 5.90. The minimum atomic E-state index is -1.42. The van der Waals surface area contributed by atoms with Crippen molar-refractivity contribution >= 4 is 53.4 Å². The van der Waals surface area contributed by atoms with Crippen LogP contribution in [-0.2, 0) is 33.4 Å². The van der Waals surface area contributed by atoms with Crippen LogP contribution in [0.2, 0.25) is 5.02 Å². The Morgan fingerprint density at radius 3 is 1.61 bits per heavy atom. The van der Waals surface area contributed by atoms with Gasteiger partial charge in [-0.05, 0) is 137 Å². The van der Waals surface area contributed by atoms with E-state index in [1.807, 2.05) is 12.1 Å². The van der Waals surface area contributed by atoms with Gasteiger partial charge in [-0.1, -0.05) is 35.9 Å². The average Bonchev–Trinajstić information content (AvgIpc) is 3.13. The Morgan fingerprint density at radius 1 is 0.597 bits per heavy atom. The molecule has 0 aliphatic heterocycles. The van der Waals surface area contributed by atoms with E-state index in [1.54, 1.807) is 106 Å². The number of halogens is 1. The topological polar surface area (TPSA) is 240 Å². The molecule has 0 saturated carbocycles. The van der Waals surface area contributed by atoms with Crippen LogP contribution in [0, 0.1) is 0 Å². The Labute approximate surface area is 369 Å². The highest BCUT2D eigenvalue weighted by molar-refractivity contribution is 6.30. The van der Waals surface area contributed by atoms with Crippen LogP contribution in [-0.4, -0.2) is 107 Å². The first-order valence-corrected chi connectivity index (χ1v) is 20.9. The van der Waals surface area contributed by atoms with Crippen molar-refractivity contribution in [2.75, 3.05) is 13.1 Å². The summed E-state index contributed by atoms with van der Waals surface area (Å²) in [5.74, 6) is -4.32. The number of aliphatic carboxylic acids is 1. The van der Waals surface area contributed by atoms with Gasteiger partial charge in [0.15, 0.2) is 0 Å². The SMILES string of the molecule is CC(NC(=O)C(NC(=O)C(CCNC(=O)OC(C)(C)C)NC(=O)c1ccc(-c2ccc(Cl)cc2)cc1)C(C)OC(C)(C)C)C(=O)NC(CCCCNC(=O)OC(C)(C)C)C(=O)O. The monoisotopic (exact) mass is 888 g/mol. The molecule has 344 valence electrons. The van der Waals surface area contributed by atoms with Crippen molar-refractivity contribution in [3.63, 3.8) is 0 Å². The molecule has 0 aromatic heterocycles. The van der Waals surface area contributed by atoms with Gasteiger partial charge in [-0.3, -0.25) is 19.2 Å². The van der Waals surface area contributed by atoms with Crippen LogP contribution >= 0.6 is 11.6 Å². The lowest BCUT2D eigenvalue weighted by Gasteiger charge is -2.32. The van der Waals surface area contributed by atoms with Crippen molar-refractivity contribution in [2.24, 2.45) is 0 Å². The van der Waals surface area contributed by atoms with Crippen LogP contribution in [0.5, 0.6) is 0 Å². The highest BCUT2D eigenvalue weighted by Gasteiger charge is 2.35. The van der Waals surface area contributed by atoms with E-state index in [2.05, 4.69) is 31.9 Å². The first kappa shape index (κ1) is 52.7. The summed E-state index contributed by atoms with van der Waals surface area (Å²) in [6.45, 7) is 18.6. The van der Waals surface area contributed by atoms with E-state index in [-0.39, 0.29) is 31.5 Å². The molecule has 0 heterocycles. The Morgan fingerprint density at radius 2 is 1.11 bits per heavy atom. The van der Waals surface area contributed by atoms with Crippen molar-refractivity contribution in [3.8, 4) is 11.1 Å². The van der Waals surface area contributed by atoms with Gasteiger partial charge >= 0.3 is 18.2 Å². The number of ether oxygens (including phenoxy) is 3. The van der Waals surface area contributed by atoms with Gasteiger partial charge < -0.3 is 51.2 Å². The van der Waals surface area contributed by atoms with Gasteiger partial charge in [0.05, 0.1) is 11.7 Å². The molecule has 62 heavy (non-hydrogen) atoms. The summed E-state index contributed by atoms with van der Waals surface area (Å²) < 4.78 is 16.5. The van der Waals surface area contributed by atoms with Gasteiger partial charge in [0.1, 0.15) is 35.4 Å². The van der Waals surface area contributed by atoms with Crippen molar-refractivity contribution in [2.45, 2.75) is 149 Å². The Hall–Kier alpha value is -5.42. The molecule has 2 aromatic carbocycles. The molecule has 7 N–H and O–H groups in total. The maximum Gasteiger partial charge on any atom is 0.407 e. The van der Waals surface area contributed by atoms with Crippen LogP contribution in [0.25, 0.3) is 11.1 Å². The number of amides is 6. The average molecular weight is 889 g/mol. The fourth-order valence-electron chi connectivity index (χ4n) is 5.78. The summed E-state index contributed by atoms with van der Waals surface area (Å²) in [5, 5.41) is 25.9. The number of rotatable bonds is 20. The van der Waals surface area contributed by atoms with E-state index < -0.39 is 88.9 Å². The van der Waals surface area contributed by atoms with Crippen LogP contribution in [0.4, 0.5) is 9.59 Å². The number of benzene rings is 2. The minimum absolute atomic E-state index is 0.0370. The molecule has 0 aliphatic carbocycles. The summed E-state index contributed by atoms with van der Waals surface area (Å²) in [6, 6.07) is 8.58. The Balaban J connectivity index is 2.23. The fraction of sp³-hybridized carbons (Fsp3) is 0.568. The van der Waals surface area contributed by atoms with Crippen LogP contribution in [0.15, 0.2) is 48.5 Å². The third-order valence-corrected chi connectivity index (χ3v) is 8.84. The Bertz CT molecular complexity index is 1840. The van der Waals surface area contributed by atoms with Gasteiger partial charge in [-0.2, -0.15) is 0 Å². The van der Waals surface area contributed by atoms with Gasteiger partial charge in [-0.25, -0.2) is 14.4 Å². The normalized spacial score (nSPS) is 14.1. The number of hydrogen-bond donors (Lipinski definition) is 7. The predicted octanol–water partition coefficient (Wildman–Crippen LogP) is 5.48. The highest BCUT2D eigenvalue weighted by Crippen LogP contribution is 2.22. The molecule has 18 heteroatoms. The molecular weight excluding hydrogens is 824 g/mol. The lowest BCUT2D eigenvalue weighted by atomic mass is 10.0. The number of nitrogens with one attached hydrogen (secondary N) is 6. The standard InChI is InChI=1S/C44H65ClN6O11/c1-26(35(52)50-33(39(56)57)14-12-13-24-46-40(58)61-43(6,7)8)48-38(55)34(27(2)60-42(3,4)5)51-37(54)32(23-25-47-41(59)62-44(9,10)11)49-36(53)30-17-15-28(16-18-30)29-19-21-31(45)22-20-29/h15-22,26-27,32-34H,12-14,23-25H2,1-11H3,(H,46,58)(H,47,59)(H,48,55)(H,49,53)(H,50,52)(H,51,54)(H,56,57). The lowest BCUT2D eigenvalue weighted by Crippen LogP contribution is -2.61. The predicted molar refractivity (Wildman–Crippen MR) is 234 cm³/mol. The summed E-state index contributed by atoms with van der Waals surface area (Å²) in [7, 11) is 0. The second kappa shape index (κ2) is 23.7. The lowest BCUT2D eigenvalue weighted by molar-refractivity contribution is -0.143. The van der Waals surface area contributed by atoms with E-state index in [9.17, 15) is 38.7 Å². The van der Waals surface area contributed by atoms with Gasteiger partial charge in [0, 0.05) is 23.7 Å². The van der Waals surface area contributed by atoms with Crippen LogP contribution in [0.3, 0.4) is 0 Å². The van der Waals surface area contributed by atoms with E-state index in [1.165, 1.54) is 6.92 Å². The smallest absolute Gasteiger partial charge is 0.407 e. The molecule has 0 spiro atoms. The number of carboxylic acids is 1. The second-order valence-corrected chi connectivity index (χ2v) is 18.2. The number of carboxylic acid groups (broad SMARTS) is 1. The summed E-state index contributed by atoms with van der Waals surface area (Å²) in [6.07, 6.45) is -1.65. The van der Waals surface area contributed by atoms with Gasteiger partial charge in [0.2, 0.25) is 17.7 Å². The summed E-state index contributed by atoms with van der Waals surface area (Å²) in [5.41, 5.74) is -0.321. The molecule has 5 atom stereocenters. The largest absolute Gasteiger partial charge is 0.480 e. The molecule has 0 bridgehead atoms. The zero-order valence-corrected chi connectivity index (χ0v) is 38.4. The zero-order chi connectivity index (χ0) is 47.0. The molecular formula is C44H65ClN6O11. The number of carbonyl (C=O) groups excluding carboxylic acids is 6. The third kappa shape index (κ3) is 20.4. The van der Waals surface area contributed by atoms with E-state index in [0.29, 0.717) is 17.9 Å². The molecule has 6 amide bonds. The van der Waals surface area contributed by atoms with E-state index in [4.69, 9.17) is 25.8 Å². The Kier molecular flexibility index (Phi) is 20.2. The molecule has 2 aromatic rings. The molecule has 2 rings (SSSR count). The van der Waals surface area contributed by atoms with Gasteiger partial charge in [-0.15, -0.1) is 0 Å². The maximum absolute atomic E-state index is 14.1. The number of hydrogen-bond acceptors (Lipinski definition) is 10. The second-order valence-electron chi connectivity index (χ2n) is 17.8. The van der Waals surface area contributed by atoms with Gasteiger partial charge in [0.25, 0.3) is 5.91 Å². The van der Waals surface area contributed by atoms with Crippen molar-refractivity contribution < 1.29 is 52.9 Å². The first-order valence-electron chi connectivity index (χ1n) is 20.6. The highest BCUT2D eigenvalue weighted by atomic mass is 35.5. The third-order valence-electron chi connectivity index (χ3n) is 8.59. The molecule has 17 nitrogen and oxygen atoms in total.